The van der Waals surface area contributed by atoms with E-state index in [4.69, 9.17) is 5.11 Å². The fourth-order valence-corrected chi connectivity index (χ4v) is 2.37. The second-order valence-corrected chi connectivity index (χ2v) is 4.99. The summed E-state index contributed by atoms with van der Waals surface area (Å²) in [6.45, 7) is 0.276. The summed E-state index contributed by atoms with van der Waals surface area (Å²) in [5, 5.41) is 8.86. The maximum absolute atomic E-state index is 8.86. The van der Waals surface area contributed by atoms with Crippen LogP contribution in [0.3, 0.4) is 0 Å². The maximum Gasteiger partial charge on any atom is 0.0434 e. The normalized spacial score (nSPS) is 10.6. The van der Waals surface area contributed by atoms with Crippen molar-refractivity contribution in [2.75, 3.05) is 6.61 Å². The highest BCUT2D eigenvalue weighted by molar-refractivity contribution is 5.24. The SMILES string of the molecule is OCCCc1cccc(CCCc2ccccc2)c1. The molecule has 0 bridgehead atoms. The molecule has 2 aromatic rings. The quantitative estimate of drug-likeness (QED) is 0.797. The zero-order valence-corrected chi connectivity index (χ0v) is 11.4. The number of benzene rings is 2. The van der Waals surface area contributed by atoms with Crippen LogP contribution in [0.15, 0.2) is 54.6 Å². The van der Waals surface area contributed by atoms with E-state index in [9.17, 15) is 0 Å². The van der Waals surface area contributed by atoms with Gasteiger partial charge in [0.2, 0.25) is 0 Å². The van der Waals surface area contributed by atoms with Gasteiger partial charge in [-0.2, -0.15) is 0 Å². The molecule has 0 atom stereocenters. The predicted octanol–water partition coefficient (Wildman–Crippen LogP) is 3.79. The van der Waals surface area contributed by atoms with Crippen LogP contribution in [0.25, 0.3) is 0 Å². The van der Waals surface area contributed by atoms with E-state index in [2.05, 4.69) is 54.6 Å². The van der Waals surface area contributed by atoms with E-state index in [1.54, 1.807) is 0 Å². The Balaban J connectivity index is 1.82. The smallest absolute Gasteiger partial charge is 0.0434 e. The molecule has 2 aromatic carbocycles. The Morgan fingerprint density at radius 1 is 0.632 bits per heavy atom. The van der Waals surface area contributed by atoms with Gasteiger partial charge in [-0.3, -0.25) is 0 Å². The van der Waals surface area contributed by atoms with E-state index in [1.165, 1.54) is 23.1 Å². The topological polar surface area (TPSA) is 20.2 Å². The van der Waals surface area contributed by atoms with Crippen LogP contribution in [0.1, 0.15) is 29.5 Å². The van der Waals surface area contributed by atoms with E-state index in [0.29, 0.717) is 0 Å². The van der Waals surface area contributed by atoms with Crippen molar-refractivity contribution in [1.82, 2.24) is 0 Å². The van der Waals surface area contributed by atoms with Gasteiger partial charge in [0.1, 0.15) is 0 Å². The molecular formula is C18H22O. The molecule has 0 fully saturated rings. The molecule has 0 saturated heterocycles. The van der Waals surface area contributed by atoms with E-state index >= 15 is 0 Å². The Morgan fingerprint density at radius 2 is 1.21 bits per heavy atom. The first-order valence-corrected chi connectivity index (χ1v) is 7.11. The van der Waals surface area contributed by atoms with Crippen molar-refractivity contribution in [3.8, 4) is 0 Å². The third-order valence-electron chi connectivity index (χ3n) is 3.39. The largest absolute Gasteiger partial charge is 0.396 e. The van der Waals surface area contributed by atoms with Crippen molar-refractivity contribution in [3.63, 3.8) is 0 Å². The fourth-order valence-electron chi connectivity index (χ4n) is 2.37. The van der Waals surface area contributed by atoms with Crippen LogP contribution in [0.2, 0.25) is 0 Å². The van der Waals surface area contributed by atoms with Crippen molar-refractivity contribution in [3.05, 3.63) is 71.3 Å². The lowest BCUT2D eigenvalue weighted by molar-refractivity contribution is 0.288. The van der Waals surface area contributed by atoms with Crippen LogP contribution in [-0.4, -0.2) is 11.7 Å². The summed E-state index contributed by atoms with van der Waals surface area (Å²) in [6, 6.07) is 19.4. The van der Waals surface area contributed by atoms with Gasteiger partial charge in [0.15, 0.2) is 0 Å². The van der Waals surface area contributed by atoms with Gasteiger partial charge >= 0.3 is 0 Å². The average molecular weight is 254 g/mol. The summed E-state index contributed by atoms with van der Waals surface area (Å²) >= 11 is 0. The maximum atomic E-state index is 8.86. The summed E-state index contributed by atoms with van der Waals surface area (Å²) in [7, 11) is 0. The first-order valence-electron chi connectivity index (χ1n) is 7.11. The summed E-state index contributed by atoms with van der Waals surface area (Å²) < 4.78 is 0. The molecule has 0 heterocycles. The van der Waals surface area contributed by atoms with E-state index in [1.807, 2.05) is 0 Å². The fraction of sp³-hybridized carbons (Fsp3) is 0.333. The molecule has 0 radical (unpaired) electrons. The van der Waals surface area contributed by atoms with Crippen LogP contribution in [0.5, 0.6) is 0 Å². The summed E-state index contributed by atoms with van der Waals surface area (Å²) in [5.41, 5.74) is 4.16. The molecule has 0 saturated carbocycles. The average Bonchev–Trinajstić information content (AvgIpc) is 2.47. The second kappa shape index (κ2) is 7.75. The summed E-state index contributed by atoms with van der Waals surface area (Å²) in [5.74, 6) is 0. The molecule has 19 heavy (non-hydrogen) atoms. The molecular weight excluding hydrogens is 232 g/mol. The Kier molecular flexibility index (Phi) is 5.64. The second-order valence-electron chi connectivity index (χ2n) is 4.99. The van der Waals surface area contributed by atoms with Crippen LogP contribution in [0.4, 0.5) is 0 Å². The molecule has 100 valence electrons. The van der Waals surface area contributed by atoms with Crippen molar-refractivity contribution >= 4 is 0 Å². The van der Waals surface area contributed by atoms with Gasteiger partial charge in [0.05, 0.1) is 0 Å². The van der Waals surface area contributed by atoms with E-state index in [-0.39, 0.29) is 6.61 Å². The van der Waals surface area contributed by atoms with Crippen LogP contribution in [0, 0.1) is 0 Å². The highest BCUT2D eigenvalue weighted by atomic mass is 16.2. The Bertz CT molecular complexity index is 476. The van der Waals surface area contributed by atoms with Gasteiger partial charge in [-0.05, 0) is 48.8 Å². The Morgan fingerprint density at radius 3 is 1.89 bits per heavy atom. The molecule has 1 N–H and O–H groups in total. The molecule has 0 spiro atoms. The Labute approximate surface area is 115 Å². The monoisotopic (exact) mass is 254 g/mol. The van der Waals surface area contributed by atoms with Gasteiger partial charge < -0.3 is 5.11 Å². The highest BCUT2D eigenvalue weighted by Gasteiger charge is 1.98. The first kappa shape index (κ1) is 13.8. The van der Waals surface area contributed by atoms with Gasteiger partial charge in [-0.15, -0.1) is 0 Å². The number of hydrogen-bond acceptors (Lipinski definition) is 1. The summed E-state index contributed by atoms with van der Waals surface area (Å²) in [4.78, 5) is 0. The minimum Gasteiger partial charge on any atom is -0.396 e. The van der Waals surface area contributed by atoms with Crippen molar-refractivity contribution < 1.29 is 5.11 Å². The molecule has 1 nitrogen and oxygen atoms in total. The number of aliphatic hydroxyl groups excluding tert-OH is 1. The zero-order valence-electron chi connectivity index (χ0n) is 11.4. The van der Waals surface area contributed by atoms with Gasteiger partial charge in [-0.25, -0.2) is 0 Å². The molecule has 0 aliphatic rings. The number of rotatable bonds is 7. The minimum absolute atomic E-state index is 0.276. The van der Waals surface area contributed by atoms with E-state index < -0.39 is 0 Å². The molecule has 0 aliphatic heterocycles. The minimum atomic E-state index is 0.276. The molecule has 0 aromatic heterocycles. The van der Waals surface area contributed by atoms with Gasteiger partial charge in [0.25, 0.3) is 0 Å². The predicted molar refractivity (Wildman–Crippen MR) is 80.3 cm³/mol. The first-order chi connectivity index (χ1) is 9.38. The van der Waals surface area contributed by atoms with Gasteiger partial charge in [-0.1, -0.05) is 54.6 Å². The molecule has 0 unspecified atom stereocenters. The van der Waals surface area contributed by atoms with Crippen molar-refractivity contribution in [1.29, 1.82) is 0 Å². The molecule has 2 rings (SSSR count). The lowest BCUT2D eigenvalue weighted by Gasteiger charge is -2.05. The number of aliphatic hydroxyl groups is 1. The van der Waals surface area contributed by atoms with Crippen LogP contribution in [-0.2, 0) is 19.3 Å². The molecule has 0 aliphatic carbocycles. The lowest BCUT2D eigenvalue weighted by atomic mass is 10.0. The summed E-state index contributed by atoms with van der Waals surface area (Å²) in [6.07, 6.45) is 5.29. The number of aryl methyl sites for hydroxylation is 3. The third-order valence-corrected chi connectivity index (χ3v) is 3.39. The molecule has 0 amide bonds. The Hall–Kier alpha value is -1.60. The van der Waals surface area contributed by atoms with E-state index in [0.717, 1.165) is 25.7 Å². The molecule has 1 heteroatoms. The van der Waals surface area contributed by atoms with Crippen LogP contribution < -0.4 is 0 Å². The van der Waals surface area contributed by atoms with Crippen LogP contribution >= 0.6 is 0 Å². The zero-order chi connectivity index (χ0) is 13.3. The third kappa shape index (κ3) is 4.88. The standard InChI is InChI=1S/C18H22O/c19-14-6-13-18-12-5-11-17(15-18)10-4-9-16-7-2-1-3-8-16/h1-3,5,7-8,11-12,15,19H,4,6,9-10,13-14H2. The highest BCUT2D eigenvalue weighted by Crippen LogP contribution is 2.11. The van der Waals surface area contributed by atoms with Crippen molar-refractivity contribution in [2.45, 2.75) is 32.1 Å². The van der Waals surface area contributed by atoms with Gasteiger partial charge in [0, 0.05) is 6.61 Å². The van der Waals surface area contributed by atoms with Crippen molar-refractivity contribution in [2.24, 2.45) is 0 Å². The number of hydrogen-bond donors (Lipinski definition) is 1. The lowest BCUT2D eigenvalue weighted by Crippen LogP contribution is -1.93.